The predicted octanol–water partition coefficient (Wildman–Crippen LogP) is 2.92. The Morgan fingerprint density at radius 2 is 2.33 bits per heavy atom. The van der Waals surface area contributed by atoms with Crippen molar-refractivity contribution < 1.29 is 4.74 Å². The normalized spacial score (nSPS) is 23.2. The lowest BCUT2D eigenvalue weighted by molar-refractivity contribution is 0.104. The van der Waals surface area contributed by atoms with Gasteiger partial charge in [0.1, 0.15) is 0 Å². The molecule has 1 saturated heterocycles. The van der Waals surface area contributed by atoms with E-state index < -0.39 is 0 Å². The van der Waals surface area contributed by atoms with Gasteiger partial charge in [0.15, 0.2) is 0 Å². The van der Waals surface area contributed by atoms with Gasteiger partial charge in [0.05, 0.1) is 6.10 Å². The van der Waals surface area contributed by atoms with Gasteiger partial charge in [-0.3, -0.25) is 0 Å². The Labute approximate surface area is 84.2 Å². The molecule has 1 heterocycles. The van der Waals surface area contributed by atoms with Gasteiger partial charge >= 0.3 is 0 Å². The van der Waals surface area contributed by atoms with Crippen molar-refractivity contribution in [2.75, 3.05) is 24.0 Å². The van der Waals surface area contributed by atoms with Crippen LogP contribution in [-0.4, -0.2) is 30.1 Å². The molecule has 0 spiro atoms. The number of alkyl halides is 1. The van der Waals surface area contributed by atoms with E-state index in [1.54, 1.807) is 0 Å². The number of halogens is 1. The van der Waals surface area contributed by atoms with Gasteiger partial charge in [-0.1, -0.05) is 0 Å². The molecule has 0 aliphatic carbocycles. The van der Waals surface area contributed by atoms with Crippen LogP contribution in [-0.2, 0) is 4.74 Å². The number of thioether (sulfide) groups is 1. The SMILES string of the molecule is ClCCSCCCC1CCCO1. The largest absolute Gasteiger partial charge is 0.378 e. The van der Waals surface area contributed by atoms with Crippen LogP contribution in [0.2, 0.25) is 0 Å². The second kappa shape index (κ2) is 7.05. The minimum atomic E-state index is 0.571. The monoisotopic (exact) mass is 208 g/mol. The Morgan fingerprint density at radius 1 is 1.42 bits per heavy atom. The van der Waals surface area contributed by atoms with Crippen molar-refractivity contribution in [3.05, 3.63) is 0 Å². The van der Waals surface area contributed by atoms with Gasteiger partial charge in [0, 0.05) is 18.2 Å². The average molecular weight is 209 g/mol. The molecule has 0 saturated carbocycles. The minimum absolute atomic E-state index is 0.571. The quantitative estimate of drug-likeness (QED) is 0.491. The van der Waals surface area contributed by atoms with Crippen LogP contribution in [0.3, 0.4) is 0 Å². The molecule has 0 N–H and O–H groups in total. The maximum absolute atomic E-state index is 5.56. The molecular formula is C9H17ClOS. The Morgan fingerprint density at radius 3 is 3.00 bits per heavy atom. The van der Waals surface area contributed by atoms with Crippen LogP contribution >= 0.6 is 23.4 Å². The molecule has 0 bridgehead atoms. The fraction of sp³-hybridized carbons (Fsp3) is 1.00. The molecule has 12 heavy (non-hydrogen) atoms. The molecule has 1 unspecified atom stereocenters. The fourth-order valence-electron chi connectivity index (χ4n) is 1.44. The summed E-state index contributed by atoms with van der Waals surface area (Å²) in [7, 11) is 0. The summed E-state index contributed by atoms with van der Waals surface area (Å²) in [5, 5.41) is 0. The molecule has 0 amide bonds. The van der Waals surface area contributed by atoms with Crippen molar-refractivity contribution in [3.8, 4) is 0 Å². The summed E-state index contributed by atoms with van der Waals surface area (Å²) in [5.41, 5.74) is 0. The van der Waals surface area contributed by atoms with E-state index in [0.29, 0.717) is 6.10 Å². The summed E-state index contributed by atoms with van der Waals surface area (Å²) in [6.45, 7) is 0.986. The van der Waals surface area contributed by atoms with Gasteiger partial charge in [-0.25, -0.2) is 0 Å². The standard InChI is InChI=1S/C9H17ClOS/c10-5-8-12-7-2-4-9-3-1-6-11-9/h9H,1-8H2. The van der Waals surface area contributed by atoms with Crippen molar-refractivity contribution in [1.82, 2.24) is 0 Å². The van der Waals surface area contributed by atoms with Gasteiger partial charge in [-0.15, -0.1) is 11.6 Å². The molecule has 0 aromatic rings. The number of rotatable bonds is 6. The van der Waals surface area contributed by atoms with Crippen LogP contribution in [0.15, 0.2) is 0 Å². The molecule has 0 radical (unpaired) electrons. The summed E-state index contributed by atoms with van der Waals surface area (Å²) >= 11 is 7.51. The van der Waals surface area contributed by atoms with Crippen molar-refractivity contribution in [2.24, 2.45) is 0 Å². The number of hydrogen-bond donors (Lipinski definition) is 0. The lowest BCUT2D eigenvalue weighted by Crippen LogP contribution is -2.04. The Balaban J connectivity index is 1.81. The van der Waals surface area contributed by atoms with E-state index in [0.717, 1.165) is 18.2 Å². The second-order valence-corrected chi connectivity index (χ2v) is 4.68. The maximum Gasteiger partial charge on any atom is 0.0576 e. The van der Waals surface area contributed by atoms with Crippen LogP contribution in [0.1, 0.15) is 25.7 Å². The van der Waals surface area contributed by atoms with Crippen LogP contribution < -0.4 is 0 Å². The lowest BCUT2D eigenvalue weighted by Gasteiger charge is -2.07. The number of ether oxygens (including phenoxy) is 1. The van der Waals surface area contributed by atoms with Crippen LogP contribution in [0.5, 0.6) is 0 Å². The van der Waals surface area contributed by atoms with Crippen LogP contribution in [0.25, 0.3) is 0 Å². The molecule has 1 nitrogen and oxygen atoms in total. The van der Waals surface area contributed by atoms with E-state index in [-0.39, 0.29) is 0 Å². The van der Waals surface area contributed by atoms with Gasteiger partial charge in [0.25, 0.3) is 0 Å². The molecule has 1 aliphatic heterocycles. The fourth-order valence-corrected chi connectivity index (χ4v) is 2.45. The molecule has 3 heteroatoms. The summed E-state index contributed by atoms with van der Waals surface area (Å²) < 4.78 is 5.52. The summed E-state index contributed by atoms with van der Waals surface area (Å²) in [4.78, 5) is 0. The Hall–Kier alpha value is 0.600. The second-order valence-electron chi connectivity index (χ2n) is 3.08. The van der Waals surface area contributed by atoms with Crippen molar-refractivity contribution >= 4 is 23.4 Å². The zero-order chi connectivity index (χ0) is 8.65. The Kier molecular flexibility index (Phi) is 6.27. The van der Waals surface area contributed by atoms with Crippen molar-refractivity contribution in [2.45, 2.75) is 31.8 Å². The molecule has 0 aromatic carbocycles. The zero-order valence-electron chi connectivity index (χ0n) is 7.43. The van der Waals surface area contributed by atoms with Crippen LogP contribution in [0.4, 0.5) is 0 Å². The highest BCUT2D eigenvalue weighted by Crippen LogP contribution is 2.18. The highest BCUT2D eigenvalue weighted by molar-refractivity contribution is 7.99. The van der Waals surface area contributed by atoms with Gasteiger partial charge < -0.3 is 4.74 Å². The minimum Gasteiger partial charge on any atom is -0.378 e. The van der Waals surface area contributed by atoms with E-state index in [1.807, 2.05) is 11.8 Å². The van der Waals surface area contributed by atoms with Gasteiger partial charge in [-0.05, 0) is 31.4 Å². The molecule has 72 valence electrons. The molecule has 1 aliphatic rings. The first kappa shape index (κ1) is 10.7. The van der Waals surface area contributed by atoms with Gasteiger partial charge in [0.2, 0.25) is 0 Å². The third kappa shape index (κ3) is 4.58. The third-order valence-corrected chi connectivity index (χ3v) is 3.54. The summed E-state index contributed by atoms with van der Waals surface area (Å²) in [6.07, 6.45) is 5.64. The van der Waals surface area contributed by atoms with E-state index in [9.17, 15) is 0 Å². The first-order chi connectivity index (χ1) is 5.93. The molecule has 1 atom stereocenters. The van der Waals surface area contributed by atoms with E-state index in [4.69, 9.17) is 16.3 Å². The van der Waals surface area contributed by atoms with Crippen molar-refractivity contribution in [1.29, 1.82) is 0 Å². The van der Waals surface area contributed by atoms with Crippen molar-refractivity contribution in [3.63, 3.8) is 0 Å². The number of hydrogen-bond acceptors (Lipinski definition) is 2. The average Bonchev–Trinajstić information content (AvgIpc) is 2.57. The predicted molar refractivity (Wildman–Crippen MR) is 56.3 cm³/mol. The zero-order valence-corrected chi connectivity index (χ0v) is 9.00. The Bertz CT molecular complexity index is 105. The van der Waals surface area contributed by atoms with Gasteiger partial charge in [-0.2, -0.15) is 11.8 Å². The first-order valence-corrected chi connectivity index (χ1v) is 6.37. The topological polar surface area (TPSA) is 9.23 Å². The van der Waals surface area contributed by atoms with E-state index in [1.165, 1.54) is 31.4 Å². The molecule has 1 fully saturated rings. The van der Waals surface area contributed by atoms with E-state index in [2.05, 4.69) is 0 Å². The van der Waals surface area contributed by atoms with E-state index >= 15 is 0 Å². The lowest BCUT2D eigenvalue weighted by atomic mass is 10.1. The smallest absolute Gasteiger partial charge is 0.0576 e. The first-order valence-electron chi connectivity index (χ1n) is 4.69. The summed E-state index contributed by atoms with van der Waals surface area (Å²) in [6, 6.07) is 0. The molecule has 1 rings (SSSR count). The van der Waals surface area contributed by atoms with Crippen LogP contribution in [0, 0.1) is 0 Å². The third-order valence-electron chi connectivity index (χ3n) is 2.06. The summed E-state index contributed by atoms with van der Waals surface area (Å²) in [5.74, 6) is 3.12. The maximum atomic E-state index is 5.56. The highest BCUT2D eigenvalue weighted by Gasteiger charge is 2.14. The molecule has 0 aromatic heterocycles. The highest BCUT2D eigenvalue weighted by atomic mass is 35.5. The molecular weight excluding hydrogens is 192 g/mol.